The van der Waals surface area contributed by atoms with Crippen molar-refractivity contribution in [1.29, 1.82) is 5.26 Å². The number of nitrogens with zero attached hydrogens (tertiary/aromatic N) is 3. The molecule has 0 bridgehead atoms. The Hall–Kier alpha value is -2.55. The van der Waals surface area contributed by atoms with Gasteiger partial charge >= 0.3 is 0 Å². The summed E-state index contributed by atoms with van der Waals surface area (Å²) < 4.78 is 5.19. The lowest BCUT2D eigenvalue weighted by Crippen LogP contribution is -2.37. The van der Waals surface area contributed by atoms with Crippen LogP contribution in [0, 0.1) is 11.3 Å². The first-order valence-corrected chi connectivity index (χ1v) is 8.19. The second-order valence-electron chi connectivity index (χ2n) is 5.80. The topological polar surface area (TPSA) is 73.6 Å². The zero-order valence-corrected chi connectivity index (χ0v) is 14.0. The molecule has 0 aromatic heterocycles. The van der Waals surface area contributed by atoms with Crippen molar-refractivity contribution < 1.29 is 14.3 Å². The van der Waals surface area contributed by atoms with Crippen LogP contribution in [-0.2, 0) is 16.0 Å². The summed E-state index contributed by atoms with van der Waals surface area (Å²) in [5, 5.41) is 8.62. The van der Waals surface area contributed by atoms with E-state index in [2.05, 4.69) is 0 Å². The van der Waals surface area contributed by atoms with Crippen LogP contribution in [-0.4, -0.2) is 54.9 Å². The van der Waals surface area contributed by atoms with Crippen LogP contribution in [0.5, 0.6) is 5.75 Å². The first-order valence-electron chi connectivity index (χ1n) is 8.19. The van der Waals surface area contributed by atoms with Gasteiger partial charge < -0.3 is 14.5 Å². The second-order valence-corrected chi connectivity index (χ2v) is 5.80. The Morgan fingerprint density at radius 2 is 1.88 bits per heavy atom. The summed E-state index contributed by atoms with van der Waals surface area (Å²) in [6.07, 6.45) is 1.77. The van der Waals surface area contributed by atoms with E-state index in [0.29, 0.717) is 39.0 Å². The third-order valence-corrected chi connectivity index (χ3v) is 4.19. The summed E-state index contributed by atoms with van der Waals surface area (Å²) in [6, 6.07) is 9.62. The van der Waals surface area contributed by atoms with Crippen LogP contribution in [0.4, 0.5) is 0 Å². The molecule has 24 heavy (non-hydrogen) atoms. The second kappa shape index (κ2) is 8.92. The Labute approximate surface area is 142 Å². The number of nitriles is 1. The minimum atomic E-state index is -0.150. The van der Waals surface area contributed by atoms with Gasteiger partial charge in [-0.2, -0.15) is 5.26 Å². The first-order chi connectivity index (χ1) is 11.6. The SMILES string of the molecule is COc1cccc(CCC(=O)N2CCCN(C(=O)CC#N)CC2)c1. The quantitative estimate of drug-likeness (QED) is 0.822. The van der Waals surface area contributed by atoms with E-state index in [9.17, 15) is 9.59 Å². The largest absolute Gasteiger partial charge is 0.497 e. The summed E-state index contributed by atoms with van der Waals surface area (Å²) in [7, 11) is 1.63. The molecule has 128 valence electrons. The highest BCUT2D eigenvalue weighted by Crippen LogP contribution is 2.15. The molecule has 0 radical (unpaired) electrons. The molecule has 1 heterocycles. The summed E-state index contributed by atoms with van der Waals surface area (Å²) >= 11 is 0. The molecule has 0 N–H and O–H groups in total. The molecule has 0 atom stereocenters. The number of rotatable bonds is 5. The van der Waals surface area contributed by atoms with E-state index in [1.807, 2.05) is 35.2 Å². The predicted molar refractivity (Wildman–Crippen MR) is 89.3 cm³/mol. The number of ether oxygens (including phenoxy) is 1. The lowest BCUT2D eigenvalue weighted by molar-refractivity contribution is -0.133. The number of methoxy groups -OCH3 is 1. The molecule has 0 unspecified atom stereocenters. The van der Waals surface area contributed by atoms with Crippen molar-refractivity contribution in [1.82, 2.24) is 9.80 Å². The molecular formula is C18H23N3O3. The third kappa shape index (κ3) is 4.98. The van der Waals surface area contributed by atoms with Crippen LogP contribution in [0.1, 0.15) is 24.8 Å². The van der Waals surface area contributed by atoms with E-state index in [0.717, 1.165) is 17.7 Å². The highest BCUT2D eigenvalue weighted by atomic mass is 16.5. The molecule has 1 aliphatic heterocycles. The summed E-state index contributed by atoms with van der Waals surface area (Å²) in [5.74, 6) is 0.747. The lowest BCUT2D eigenvalue weighted by Gasteiger charge is -2.21. The molecule has 0 aliphatic carbocycles. The van der Waals surface area contributed by atoms with Crippen molar-refractivity contribution in [3.05, 3.63) is 29.8 Å². The zero-order valence-electron chi connectivity index (χ0n) is 14.0. The molecule has 1 aromatic carbocycles. The molecule has 6 heteroatoms. The van der Waals surface area contributed by atoms with Crippen LogP contribution >= 0.6 is 0 Å². The lowest BCUT2D eigenvalue weighted by atomic mass is 10.1. The Morgan fingerprint density at radius 3 is 2.54 bits per heavy atom. The maximum absolute atomic E-state index is 12.4. The Kier molecular flexibility index (Phi) is 6.62. The van der Waals surface area contributed by atoms with Crippen molar-refractivity contribution in [2.45, 2.75) is 25.7 Å². The highest BCUT2D eigenvalue weighted by molar-refractivity contribution is 5.79. The molecular weight excluding hydrogens is 306 g/mol. The molecule has 1 aromatic rings. The van der Waals surface area contributed by atoms with Crippen LogP contribution in [0.2, 0.25) is 0 Å². The van der Waals surface area contributed by atoms with Crippen molar-refractivity contribution in [2.75, 3.05) is 33.3 Å². The molecule has 1 aliphatic rings. The van der Waals surface area contributed by atoms with Gasteiger partial charge in [-0.15, -0.1) is 0 Å². The van der Waals surface area contributed by atoms with E-state index in [1.54, 1.807) is 12.0 Å². The van der Waals surface area contributed by atoms with Gasteiger partial charge in [-0.1, -0.05) is 12.1 Å². The van der Waals surface area contributed by atoms with Crippen LogP contribution in [0.25, 0.3) is 0 Å². The Balaban J connectivity index is 1.84. The van der Waals surface area contributed by atoms with Gasteiger partial charge in [0, 0.05) is 32.6 Å². The van der Waals surface area contributed by atoms with Gasteiger partial charge in [0.15, 0.2) is 0 Å². The van der Waals surface area contributed by atoms with Gasteiger partial charge in [-0.3, -0.25) is 9.59 Å². The van der Waals surface area contributed by atoms with Crippen molar-refractivity contribution in [3.8, 4) is 11.8 Å². The molecule has 2 rings (SSSR count). The highest BCUT2D eigenvalue weighted by Gasteiger charge is 2.21. The fraction of sp³-hybridized carbons (Fsp3) is 0.500. The molecule has 2 amide bonds. The molecule has 6 nitrogen and oxygen atoms in total. The van der Waals surface area contributed by atoms with E-state index in [-0.39, 0.29) is 18.2 Å². The number of hydrogen-bond donors (Lipinski definition) is 0. The molecule has 1 fully saturated rings. The summed E-state index contributed by atoms with van der Waals surface area (Å²) in [4.78, 5) is 27.7. The average molecular weight is 329 g/mol. The van der Waals surface area contributed by atoms with Crippen molar-refractivity contribution >= 4 is 11.8 Å². The van der Waals surface area contributed by atoms with Crippen LogP contribution in [0.3, 0.4) is 0 Å². The fourth-order valence-electron chi connectivity index (χ4n) is 2.83. The normalized spacial score (nSPS) is 14.7. The molecule has 0 spiro atoms. The van der Waals surface area contributed by atoms with Gasteiger partial charge in [-0.05, 0) is 30.5 Å². The van der Waals surface area contributed by atoms with Gasteiger partial charge in [0.2, 0.25) is 11.8 Å². The molecule has 0 saturated carbocycles. The van der Waals surface area contributed by atoms with E-state index in [1.165, 1.54) is 0 Å². The minimum absolute atomic E-state index is 0.0935. The number of benzene rings is 1. The summed E-state index contributed by atoms with van der Waals surface area (Å²) in [5.41, 5.74) is 1.07. The standard InChI is InChI=1S/C18H23N3O3/c1-24-16-5-2-4-15(14-16)6-7-17(22)20-10-3-11-21(13-12-20)18(23)8-9-19/h2,4-5,14H,3,6-8,10-13H2,1H3. The summed E-state index contributed by atoms with van der Waals surface area (Å²) in [6.45, 7) is 2.31. The maximum atomic E-state index is 12.4. The van der Waals surface area contributed by atoms with Gasteiger partial charge in [0.1, 0.15) is 12.2 Å². The van der Waals surface area contributed by atoms with Gasteiger partial charge in [0.25, 0.3) is 0 Å². The van der Waals surface area contributed by atoms with E-state index in [4.69, 9.17) is 10.00 Å². The smallest absolute Gasteiger partial charge is 0.236 e. The number of carbonyl (C=O) groups excluding carboxylic acids is 2. The van der Waals surface area contributed by atoms with Crippen molar-refractivity contribution in [2.24, 2.45) is 0 Å². The minimum Gasteiger partial charge on any atom is -0.497 e. The first kappa shape index (κ1) is 17.8. The van der Waals surface area contributed by atoms with Crippen LogP contribution in [0.15, 0.2) is 24.3 Å². The van der Waals surface area contributed by atoms with Crippen LogP contribution < -0.4 is 4.74 Å². The number of aryl methyl sites for hydroxylation is 1. The van der Waals surface area contributed by atoms with Gasteiger partial charge in [0.05, 0.1) is 13.2 Å². The Morgan fingerprint density at radius 1 is 1.17 bits per heavy atom. The number of amides is 2. The number of carbonyl (C=O) groups is 2. The van der Waals surface area contributed by atoms with E-state index < -0.39 is 0 Å². The van der Waals surface area contributed by atoms with Crippen molar-refractivity contribution in [3.63, 3.8) is 0 Å². The predicted octanol–water partition coefficient (Wildman–Crippen LogP) is 1.60. The molecule has 1 saturated heterocycles. The zero-order chi connectivity index (χ0) is 17.4. The number of hydrogen-bond acceptors (Lipinski definition) is 4. The average Bonchev–Trinajstić information content (AvgIpc) is 2.86. The fourth-order valence-corrected chi connectivity index (χ4v) is 2.83. The maximum Gasteiger partial charge on any atom is 0.236 e. The third-order valence-electron chi connectivity index (χ3n) is 4.19. The monoisotopic (exact) mass is 329 g/mol. The van der Waals surface area contributed by atoms with E-state index >= 15 is 0 Å². The Bertz CT molecular complexity index is 624. The van der Waals surface area contributed by atoms with Gasteiger partial charge in [-0.25, -0.2) is 0 Å².